The largest absolute Gasteiger partial charge is 0.351 e. The molecule has 17 heavy (non-hydrogen) atoms. The quantitative estimate of drug-likeness (QED) is 0.819. The van der Waals surface area contributed by atoms with Crippen molar-refractivity contribution in [2.45, 2.75) is 52.2 Å². The molecule has 0 saturated heterocycles. The third-order valence-corrected chi connectivity index (χ3v) is 3.30. The Hall–Kier alpha value is -0.870. The van der Waals surface area contributed by atoms with Crippen LogP contribution in [0, 0.1) is 0 Å². The van der Waals surface area contributed by atoms with Crippen molar-refractivity contribution in [3.05, 3.63) is 22.4 Å². The van der Waals surface area contributed by atoms with Gasteiger partial charge in [-0.05, 0) is 49.6 Å². The maximum atomic E-state index is 11.1. The van der Waals surface area contributed by atoms with E-state index < -0.39 is 0 Å². The smallest absolute Gasteiger partial charge is 0.217 e. The maximum Gasteiger partial charge on any atom is 0.217 e. The summed E-state index contributed by atoms with van der Waals surface area (Å²) in [5.41, 5.74) is 1.16. The first-order valence-electron chi connectivity index (χ1n) is 5.92. The van der Waals surface area contributed by atoms with Crippen LogP contribution in [-0.4, -0.2) is 17.5 Å². The van der Waals surface area contributed by atoms with Crippen LogP contribution >= 0.6 is 11.3 Å². The van der Waals surface area contributed by atoms with Gasteiger partial charge in [-0.25, -0.2) is 0 Å². The minimum absolute atomic E-state index is 0.0278. The van der Waals surface area contributed by atoms with E-state index in [0.29, 0.717) is 6.04 Å². The lowest BCUT2D eigenvalue weighted by Gasteiger charge is -2.29. The first-order valence-corrected chi connectivity index (χ1v) is 6.86. The zero-order valence-electron chi connectivity index (χ0n) is 11.0. The molecule has 1 atom stereocenters. The van der Waals surface area contributed by atoms with Gasteiger partial charge in [0.1, 0.15) is 0 Å². The molecule has 1 unspecified atom stereocenters. The van der Waals surface area contributed by atoms with Gasteiger partial charge in [0, 0.05) is 25.0 Å². The Labute approximate surface area is 108 Å². The number of hydrogen-bond donors (Lipinski definition) is 2. The second-order valence-electron chi connectivity index (χ2n) is 5.18. The fourth-order valence-corrected chi connectivity index (χ4v) is 2.72. The van der Waals surface area contributed by atoms with Gasteiger partial charge in [0.05, 0.1) is 0 Å². The number of carbonyl (C=O) groups excluding carboxylic acids is 1. The molecule has 0 aliphatic rings. The minimum Gasteiger partial charge on any atom is -0.351 e. The normalized spacial score (nSPS) is 13.4. The van der Waals surface area contributed by atoms with E-state index in [9.17, 15) is 4.79 Å². The van der Waals surface area contributed by atoms with Gasteiger partial charge in [-0.2, -0.15) is 11.3 Å². The molecule has 0 bridgehead atoms. The van der Waals surface area contributed by atoms with Crippen molar-refractivity contribution in [2.75, 3.05) is 0 Å². The van der Waals surface area contributed by atoms with Crippen LogP contribution in [0.1, 0.15) is 39.7 Å². The molecule has 1 rings (SSSR count). The number of amides is 1. The molecule has 96 valence electrons. The molecule has 0 radical (unpaired) electrons. The van der Waals surface area contributed by atoms with Crippen LogP contribution in [0.2, 0.25) is 0 Å². The summed E-state index contributed by atoms with van der Waals surface area (Å²) in [7, 11) is 0. The summed E-state index contributed by atoms with van der Waals surface area (Å²) in [6, 6.07) is 2.50. The Morgan fingerprint density at radius 1 is 1.53 bits per heavy atom. The molecule has 0 aromatic carbocycles. The van der Waals surface area contributed by atoms with E-state index in [1.54, 1.807) is 18.3 Å². The lowest BCUT2D eigenvalue weighted by atomic mass is 9.96. The standard InChI is InChI=1S/C13H22N2OS/c1-10(7-13(3,4)15-11(2)16)14-8-12-5-6-17-9-12/h5-6,9-10,14H,7-8H2,1-4H3,(H,15,16). The molecule has 1 amide bonds. The zero-order chi connectivity index (χ0) is 12.9. The van der Waals surface area contributed by atoms with Gasteiger partial charge in [-0.15, -0.1) is 0 Å². The first kappa shape index (κ1) is 14.2. The SMILES string of the molecule is CC(=O)NC(C)(C)CC(C)NCc1ccsc1. The molecule has 1 aromatic heterocycles. The van der Waals surface area contributed by atoms with E-state index in [0.717, 1.165) is 13.0 Å². The second kappa shape index (κ2) is 6.17. The Kier molecular flexibility index (Phi) is 5.15. The summed E-state index contributed by atoms with van der Waals surface area (Å²) in [5.74, 6) is 0.0278. The van der Waals surface area contributed by atoms with Crippen molar-refractivity contribution in [2.24, 2.45) is 0 Å². The summed E-state index contributed by atoms with van der Waals surface area (Å²) in [4.78, 5) is 11.1. The fraction of sp³-hybridized carbons (Fsp3) is 0.615. The van der Waals surface area contributed by atoms with Gasteiger partial charge in [-0.3, -0.25) is 4.79 Å². The maximum absolute atomic E-state index is 11.1. The number of carbonyl (C=O) groups is 1. The minimum atomic E-state index is -0.160. The summed E-state index contributed by atoms with van der Waals surface area (Å²) in [5, 5.41) is 10.7. The predicted octanol–water partition coefficient (Wildman–Crippen LogP) is 2.53. The Bertz CT molecular complexity index is 346. The molecule has 0 aliphatic heterocycles. The Morgan fingerprint density at radius 2 is 2.24 bits per heavy atom. The summed E-state index contributed by atoms with van der Waals surface area (Å²) < 4.78 is 0. The van der Waals surface area contributed by atoms with Gasteiger partial charge in [0.25, 0.3) is 0 Å². The summed E-state index contributed by atoms with van der Waals surface area (Å²) in [6.45, 7) is 8.70. The van der Waals surface area contributed by atoms with Gasteiger partial charge < -0.3 is 10.6 Å². The van der Waals surface area contributed by atoms with Crippen LogP contribution in [0.4, 0.5) is 0 Å². The highest BCUT2D eigenvalue weighted by Crippen LogP contribution is 2.12. The van der Waals surface area contributed by atoms with Crippen molar-refractivity contribution in [3.8, 4) is 0 Å². The number of rotatable bonds is 6. The van der Waals surface area contributed by atoms with E-state index in [4.69, 9.17) is 0 Å². The van der Waals surface area contributed by atoms with Crippen LogP contribution in [0.25, 0.3) is 0 Å². The third kappa shape index (κ3) is 5.84. The molecule has 0 fully saturated rings. The topological polar surface area (TPSA) is 41.1 Å². The highest BCUT2D eigenvalue weighted by atomic mass is 32.1. The number of thiophene rings is 1. The van der Waals surface area contributed by atoms with Crippen molar-refractivity contribution < 1.29 is 4.79 Å². The monoisotopic (exact) mass is 254 g/mol. The second-order valence-corrected chi connectivity index (χ2v) is 5.96. The van der Waals surface area contributed by atoms with Crippen molar-refractivity contribution >= 4 is 17.2 Å². The van der Waals surface area contributed by atoms with Crippen molar-refractivity contribution in [1.82, 2.24) is 10.6 Å². The molecular formula is C13H22N2OS. The average Bonchev–Trinajstić information content (AvgIpc) is 2.63. The molecule has 4 heteroatoms. The van der Waals surface area contributed by atoms with E-state index in [2.05, 4.69) is 48.2 Å². The highest BCUT2D eigenvalue weighted by Gasteiger charge is 2.21. The molecule has 0 aliphatic carbocycles. The zero-order valence-corrected chi connectivity index (χ0v) is 11.9. The van der Waals surface area contributed by atoms with Gasteiger partial charge in [-0.1, -0.05) is 0 Å². The van der Waals surface area contributed by atoms with Crippen LogP contribution in [-0.2, 0) is 11.3 Å². The molecule has 1 heterocycles. The molecule has 0 spiro atoms. The fourth-order valence-electron chi connectivity index (χ4n) is 2.05. The Balaban J connectivity index is 2.33. The van der Waals surface area contributed by atoms with E-state index in [1.165, 1.54) is 5.56 Å². The average molecular weight is 254 g/mol. The lowest BCUT2D eigenvalue weighted by Crippen LogP contribution is -2.46. The van der Waals surface area contributed by atoms with Crippen LogP contribution < -0.4 is 10.6 Å². The predicted molar refractivity (Wildman–Crippen MR) is 73.1 cm³/mol. The Morgan fingerprint density at radius 3 is 2.76 bits per heavy atom. The highest BCUT2D eigenvalue weighted by molar-refractivity contribution is 7.07. The lowest BCUT2D eigenvalue weighted by molar-refractivity contribution is -0.120. The van der Waals surface area contributed by atoms with Crippen molar-refractivity contribution in [3.63, 3.8) is 0 Å². The van der Waals surface area contributed by atoms with E-state index in [-0.39, 0.29) is 11.4 Å². The van der Waals surface area contributed by atoms with E-state index in [1.807, 2.05) is 0 Å². The van der Waals surface area contributed by atoms with E-state index >= 15 is 0 Å². The van der Waals surface area contributed by atoms with Crippen LogP contribution in [0.3, 0.4) is 0 Å². The van der Waals surface area contributed by atoms with Gasteiger partial charge >= 0.3 is 0 Å². The number of hydrogen-bond acceptors (Lipinski definition) is 3. The molecule has 1 aromatic rings. The molecule has 3 nitrogen and oxygen atoms in total. The third-order valence-electron chi connectivity index (χ3n) is 2.57. The van der Waals surface area contributed by atoms with Crippen LogP contribution in [0.15, 0.2) is 16.8 Å². The summed E-state index contributed by atoms with van der Waals surface area (Å²) >= 11 is 1.72. The first-order chi connectivity index (χ1) is 7.89. The molecular weight excluding hydrogens is 232 g/mol. The van der Waals surface area contributed by atoms with Crippen molar-refractivity contribution in [1.29, 1.82) is 0 Å². The van der Waals surface area contributed by atoms with Gasteiger partial charge in [0.2, 0.25) is 5.91 Å². The summed E-state index contributed by atoms with van der Waals surface area (Å²) in [6.07, 6.45) is 0.913. The van der Waals surface area contributed by atoms with Crippen LogP contribution in [0.5, 0.6) is 0 Å². The number of nitrogens with one attached hydrogen (secondary N) is 2. The van der Waals surface area contributed by atoms with Gasteiger partial charge in [0.15, 0.2) is 0 Å². The molecule has 2 N–H and O–H groups in total. The molecule has 0 saturated carbocycles.